The van der Waals surface area contributed by atoms with Gasteiger partial charge in [0.2, 0.25) is 5.69 Å². The Labute approximate surface area is 162 Å². The van der Waals surface area contributed by atoms with Gasteiger partial charge in [-0.1, -0.05) is 60.7 Å². The predicted molar refractivity (Wildman–Crippen MR) is 108 cm³/mol. The number of ether oxygens (including phenoxy) is 1. The molecule has 4 heteroatoms. The summed E-state index contributed by atoms with van der Waals surface area (Å²) in [4.78, 5) is 12.9. The third-order valence-electron chi connectivity index (χ3n) is 4.34. The second kappa shape index (κ2) is 7.56. The van der Waals surface area contributed by atoms with Crippen molar-refractivity contribution in [2.24, 2.45) is 0 Å². The third kappa shape index (κ3) is 3.52. The molecule has 27 heavy (non-hydrogen) atoms. The van der Waals surface area contributed by atoms with Crippen LogP contribution in [0.4, 0.5) is 0 Å². The number of benzene rings is 3. The van der Waals surface area contributed by atoms with Crippen molar-refractivity contribution in [3.05, 3.63) is 96.7 Å². The molecule has 0 aliphatic rings. The summed E-state index contributed by atoms with van der Waals surface area (Å²) in [6.07, 6.45) is 2.15. The van der Waals surface area contributed by atoms with Crippen molar-refractivity contribution in [2.45, 2.75) is 0 Å². The lowest BCUT2D eigenvalue weighted by atomic mass is 10.0. The van der Waals surface area contributed by atoms with Crippen LogP contribution in [0.15, 0.2) is 91.1 Å². The van der Waals surface area contributed by atoms with Crippen LogP contribution in [0.2, 0.25) is 0 Å². The molecule has 0 unspecified atom stereocenters. The molecule has 0 bridgehead atoms. The van der Waals surface area contributed by atoms with Crippen molar-refractivity contribution < 1.29 is 13.5 Å². The van der Waals surface area contributed by atoms with E-state index < -0.39 is 0 Å². The molecule has 4 rings (SSSR count). The minimum Gasteiger partial charge on any atom is -0.465 e. The number of esters is 1. The molecule has 1 heterocycles. The van der Waals surface area contributed by atoms with E-state index >= 15 is 0 Å². The maximum Gasteiger partial charge on any atom is 0.337 e. The van der Waals surface area contributed by atoms with E-state index in [0.717, 1.165) is 5.69 Å². The lowest BCUT2D eigenvalue weighted by Crippen LogP contribution is -2.23. The third-order valence-corrected chi connectivity index (χ3v) is 5.50. The Morgan fingerprint density at radius 2 is 1.41 bits per heavy atom. The molecular weight excluding hydrogens is 354 g/mol. The van der Waals surface area contributed by atoms with E-state index in [4.69, 9.17) is 4.74 Å². The lowest BCUT2D eigenvalue weighted by Gasteiger charge is -1.99. The molecule has 3 nitrogen and oxygen atoms in total. The number of methoxy groups -OCH3 is 1. The van der Waals surface area contributed by atoms with Crippen molar-refractivity contribution in [1.82, 2.24) is 0 Å². The maximum atomic E-state index is 11.7. The molecule has 0 aliphatic heterocycles. The number of hydrogen-bond donors (Lipinski definition) is 0. The molecule has 0 atom stereocenters. The molecule has 0 fully saturated rings. The largest absolute Gasteiger partial charge is 0.465 e. The van der Waals surface area contributed by atoms with Gasteiger partial charge in [0.05, 0.1) is 18.2 Å². The smallest absolute Gasteiger partial charge is 0.337 e. The minimum atomic E-state index is -0.326. The number of carbonyl (C=O) groups is 1. The van der Waals surface area contributed by atoms with Gasteiger partial charge in [0.1, 0.15) is 16.4 Å². The summed E-state index contributed by atoms with van der Waals surface area (Å²) in [6, 6.07) is 28.2. The Balaban J connectivity index is 1.81. The number of nitrogens with zero attached hydrogens (tertiary/aromatic N) is 1. The van der Waals surface area contributed by atoms with Crippen molar-refractivity contribution in [2.75, 3.05) is 7.11 Å². The van der Waals surface area contributed by atoms with E-state index in [1.165, 1.54) is 28.7 Å². The van der Waals surface area contributed by atoms with Crippen molar-refractivity contribution in [3.8, 4) is 27.3 Å². The average molecular weight is 372 g/mol. The summed E-state index contributed by atoms with van der Waals surface area (Å²) in [5.74, 6) is -0.326. The second-order valence-corrected chi connectivity index (χ2v) is 7.04. The first kappa shape index (κ1) is 17.2. The van der Waals surface area contributed by atoms with Crippen LogP contribution in [-0.4, -0.2) is 13.1 Å². The van der Waals surface area contributed by atoms with Gasteiger partial charge in [-0.3, -0.25) is 0 Å². The zero-order valence-corrected chi connectivity index (χ0v) is 15.6. The van der Waals surface area contributed by atoms with E-state index in [-0.39, 0.29) is 5.97 Å². The van der Waals surface area contributed by atoms with Crippen LogP contribution in [0.3, 0.4) is 0 Å². The fourth-order valence-corrected chi connectivity index (χ4v) is 4.05. The molecule has 1 aromatic heterocycles. The standard InChI is InChI=1S/C23H18NO2S/c1-26-23(25)19-12-14-20(15-13-19)24-16-21(17-8-4-2-5-9-17)22(27-24)18-10-6-3-7-11-18/h2-16H,1H3/q+1. The van der Waals surface area contributed by atoms with Crippen LogP contribution in [0.1, 0.15) is 10.4 Å². The molecule has 0 aliphatic carbocycles. The van der Waals surface area contributed by atoms with E-state index in [2.05, 4.69) is 58.7 Å². The monoisotopic (exact) mass is 372 g/mol. The summed E-state index contributed by atoms with van der Waals surface area (Å²) in [5.41, 5.74) is 5.10. The van der Waals surface area contributed by atoms with Crippen LogP contribution in [0, 0.1) is 0 Å². The van der Waals surface area contributed by atoms with Crippen LogP contribution < -0.4 is 3.96 Å². The van der Waals surface area contributed by atoms with E-state index in [1.807, 2.05) is 24.3 Å². The van der Waals surface area contributed by atoms with Gasteiger partial charge in [-0.15, -0.1) is 3.96 Å². The van der Waals surface area contributed by atoms with Crippen LogP contribution in [0.25, 0.3) is 27.3 Å². The van der Waals surface area contributed by atoms with Crippen LogP contribution in [0.5, 0.6) is 0 Å². The summed E-state index contributed by atoms with van der Waals surface area (Å²) in [5, 5.41) is 0. The van der Waals surface area contributed by atoms with E-state index in [9.17, 15) is 4.79 Å². The SMILES string of the molecule is COC(=O)c1ccc(-[n+]2cc(-c3ccccc3)c(-c3ccccc3)s2)cc1. The summed E-state index contributed by atoms with van der Waals surface area (Å²) >= 11 is 1.68. The first-order valence-corrected chi connectivity index (χ1v) is 9.39. The van der Waals surface area contributed by atoms with Gasteiger partial charge in [-0.2, -0.15) is 0 Å². The van der Waals surface area contributed by atoms with Gasteiger partial charge in [0, 0.05) is 12.1 Å². The fraction of sp³-hybridized carbons (Fsp3) is 0.0435. The Morgan fingerprint density at radius 3 is 2.00 bits per heavy atom. The average Bonchev–Trinajstić information content (AvgIpc) is 3.20. The molecule has 0 saturated carbocycles. The van der Waals surface area contributed by atoms with Crippen molar-refractivity contribution >= 4 is 17.5 Å². The zero-order chi connectivity index (χ0) is 18.6. The van der Waals surface area contributed by atoms with Crippen LogP contribution in [-0.2, 0) is 4.74 Å². The highest BCUT2D eigenvalue weighted by atomic mass is 32.1. The number of rotatable bonds is 4. The Kier molecular flexibility index (Phi) is 4.81. The highest BCUT2D eigenvalue weighted by Crippen LogP contribution is 2.34. The number of carbonyl (C=O) groups excluding carboxylic acids is 1. The van der Waals surface area contributed by atoms with Gasteiger partial charge >= 0.3 is 5.97 Å². The first-order valence-electron chi connectivity index (χ1n) is 8.62. The maximum absolute atomic E-state index is 11.7. The highest BCUT2D eigenvalue weighted by molar-refractivity contribution is 7.06. The molecule has 0 amide bonds. The van der Waals surface area contributed by atoms with Crippen molar-refractivity contribution in [1.29, 1.82) is 0 Å². The zero-order valence-electron chi connectivity index (χ0n) is 14.8. The van der Waals surface area contributed by atoms with Gasteiger partial charge in [0.15, 0.2) is 6.20 Å². The van der Waals surface area contributed by atoms with Gasteiger partial charge in [-0.05, 0) is 23.3 Å². The Morgan fingerprint density at radius 1 is 0.815 bits per heavy atom. The van der Waals surface area contributed by atoms with Crippen molar-refractivity contribution in [3.63, 3.8) is 0 Å². The Hall–Kier alpha value is -3.24. The quantitative estimate of drug-likeness (QED) is 0.366. The molecule has 3 aromatic carbocycles. The topological polar surface area (TPSA) is 30.2 Å². The normalized spacial score (nSPS) is 10.6. The predicted octanol–water partition coefficient (Wildman–Crippen LogP) is 5.15. The first-order chi connectivity index (χ1) is 13.3. The van der Waals surface area contributed by atoms with Gasteiger partial charge in [0.25, 0.3) is 0 Å². The van der Waals surface area contributed by atoms with Crippen LogP contribution >= 0.6 is 11.5 Å². The van der Waals surface area contributed by atoms with E-state index in [1.54, 1.807) is 23.7 Å². The second-order valence-electron chi connectivity index (χ2n) is 6.06. The molecule has 4 aromatic rings. The summed E-state index contributed by atoms with van der Waals surface area (Å²) in [6.45, 7) is 0. The molecular formula is C23H18NO2S+. The molecule has 0 saturated heterocycles. The van der Waals surface area contributed by atoms with Gasteiger partial charge in [-0.25, -0.2) is 4.79 Å². The fourth-order valence-electron chi connectivity index (χ4n) is 2.96. The minimum absolute atomic E-state index is 0.326. The highest BCUT2D eigenvalue weighted by Gasteiger charge is 2.21. The summed E-state index contributed by atoms with van der Waals surface area (Å²) in [7, 11) is 1.39. The lowest BCUT2D eigenvalue weighted by molar-refractivity contribution is -0.519. The molecule has 132 valence electrons. The molecule has 0 N–H and O–H groups in total. The number of aromatic nitrogens is 1. The summed E-state index contributed by atoms with van der Waals surface area (Å²) < 4.78 is 6.91. The van der Waals surface area contributed by atoms with Gasteiger partial charge < -0.3 is 4.74 Å². The molecule has 0 spiro atoms. The van der Waals surface area contributed by atoms with E-state index in [0.29, 0.717) is 5.56 Å². The molecule has 0 radical (unpaired) electrons. The Bertz CT molecular complexity index is 998. The number of hydrogen-bond acceptors (Lipinski definition) is 3.